The van der Waals surface area contributed by atoms with E-state index in [2.05, 4.69) is 31.2 Å². The molecular formula is C13H19NO2. The molecule has 0 heterocycles. The van der Waals surface area contributed by atoms with Crippen molar-refractivity contribution in [3.8, 4) is 0 Å². The van der Waals surface area contributed by atoms with E-state index < -0.39 is 12.0 Å². The fourth-order valence-corrected chi connectivity index (χ4v) is 1.49. The molecule has 0 saturated carbocycles. The number of carboxylic acid groups (broad SMARTS) is 1. The third-order valence-corrected chi connectivity index (χ3v) is 2.88. The number of carboxylic acids is 1. The Morgan fingerprint density at radius 3 is 2.25 bits per heavy atom. The summed E-state index contributed by atoms with van der Waals surface area (Å²) in [6.07, 6.45) is 1.03. The van der Waals surface area contributed by atoms with Gasteiger partial charge in [0.25, 0.3) is 0 Å². The van der Waals surface area contributed by atoms with Crippen LogP contribution in [0.4, 0.5) is 0 Å². The van der Waals surface area contributed by atoms with Crippen LogP contribution >= 0.6 is 0 Å². The van der Waals surface area contributed by atoms with Gasteiger partial charge in [-0.1, -0.05) is 31.2 Å². The highest BCUT2D eigenvalue weighted by Crippen LogP contribution is 2.09. The predicted octanol–water partition coefficient (Wildman–Crippen LogP) is 2.15. The van der Waals surface area contributed by atoms with E-state index in [4.69, 9.17) is 5.11 Å². The summed E-state index contributed by atoms with van der Waals surface area (Å²) in [4.78, 5) is 12.6. The number of hydrogen-bond acceptors (Lipinski definition) is 2. The Labute approximate surface area is 96.7 Å². The second-order valence-corrected chi connectivity index (χ2v) is 4.10. The van der Waals surface area contributed by atoms with Crippen molar-refractivity contribution in [1.82, 2.24) is 4.90 Å². The molecule has 0 aliphatic rings. The van der Waals surface area contributed by atoms with Gasteiger partial charge in [0.15, 0.2) is 0 Å². The van der Waals surface area contributed by atoms with Crippen molar-refractivity contribution >= 4 is 5.97 Å². The Hall–Kier alpha value is -1.35. The summed E-state index contributed by atoms with van der Waals surface area (Å²) in [5.41, 5.74) is 2.45. The number of likely N-dealkylation sites (N-methyl/N-ethyl adjacent to an activating group) is 1. The minimum atomic E-state index is -0.785. The molecule has 0 bridgehead atoms. The highest BCUT2D eigenvalue weighted by atomic mass is 16.4. The highest BCUT2D eigenvalue weighted by molar-refractivity contribution is 5.72. The van der Waals surface area contributed by atoms with Crippen LogP contribution in [0, 0.1) is 0 Å². The molecule has 0 amide bonds. The Morgan fingerprint density at radius 1 is 1.31 bits per heavy atom. The molecule has 0 saturated heterocycles. The molecule has 3 heteroatoms. The van der Waals surface area contributed by atoms with Gasteiger partial charge in [0.05, 0.1) is 0 Å². The van der Waals surface area contributed by atoms with Gasteiger partial charge < -0.3 is 5.11 Å². The third kappa shape index (κ3) is 3.35. The molecule has 16 heavy (non-hydrogen) atoms. The number of benzene rings is 1. The first-order valence-electron chi connectivity index (χ1n) is 5.55. The standard InChI is InChI=1S/C13H19NO2/c1-4-11-5-7-12(8-6-11)9-14(3)10(2)13(15)16/h5-8,10H,4,9H2,1-3H3,(H,15,16). The summed E-state index contributed by atoms with van der Waals surface area (Å²) < 4.78 is 0. The molecule has 0 radical (unpaired) electrons. The third-order valence-electron chi connectivity index (χ3n) is 2.88. The van der Waals surface area contributed by atoms with Gasteiger partial charge in [0, 0.05) is 6.54 Å². The monoisotopic (exact) mass is 221 g/mol. The quantitative estimate of drug-likeness (QED) is 0.828. The first-order valence-corrected chi connectivity index (χ1v) is 5.55. The van der Waals surface area contributed by atoms with E-state index in [1.54, 1.807) is 6.92 Å². The SMILES string of the molecule is CCc1ccc(CN(C)C(C)C(=O)O)cc1. The Bertz CT molecular complexity index is 345. The molecule has 1 rings (SSSR count). The summed E-state index contributed by atoms with van der Waals surface area (Å²) in [6.45, 7) is 4.48. The van der Waals surface area contributed by atoms with E-state index in [1.807, 2.05) is 11.9 Å². The summed E-state index contributed by atoms with van der Waals surface area (Å²) in [5.74, 6) is -0.785. The van der Waals surface area contributed by atoms with Gasteiger partial charge in [0.2, 0.25) is 0 Å². The van der Waals surface area contributed by atoms with Gasteiger partial charge in [-0.3, -0.25) is 9.69 Å². The average molecular weight is 221 g/mol. The lowest BCUT2D eigenvalue weighted by Gasteiger charge is -2.21. The normalized spacial score (nSPS) is 12.8. The number of hydrogen-bond donors (Lipinski definition) is 1. The highest BCUT2D eigenvalue weighted by Gasteiger charge is 2.16. The van der Waals surface area contributed by atoms with Crippen LogP contribution in [0.25, 0.3) is 0 Å². The van der Waals surface area contributed by atoms with Gasteiger partial charge in [-0.05, 0) is 31.5 Å². The predicted molar refractivity (Wildman–Crippen MR) is 64.4 cm³/mol. The maximum Gasteiger partial charge on any atom is 0.320 e. The van der Waals surface area contributed by atoms with Gasteiger partial charge >= 0.3 is 5.97 Å². The second-order valence-electron chi connectivity index (χ2n) is 4.10. The number of aliphatic carboxylic acids is 1. The molecule has 1 aromatic carbocycles. The van der Waals surface area contributed by atoms with Crippen LogP contribution in [-0.2, 0) is 17.8 Å². The maximum atomic E-state index is 10.8. The molecule has 0 aliphatic heterocycles. The summed E-state index contributed by atoms with van der Waals surface area (Å²) in [7, 11) is 1.83. The van der Waals surface area contributed by atoms with E-state index in [9.17, 15) is 4.79 Å². The van der Waals surface area contributed by atoms with E-state index >= 15 is 0 Å². The maximum absolute atomic E-state index is 10.8. The molecule has 88 valence electrons. The zero-order valence-corrected chi connectivity index (χ0v) is 10.1. The van der Waals surface area contributed by atoms with Crippen LogP contribution in [0.5, 0.6) is 0 Å². The summed E-state index contributed by atoms with van der Waals surface area (Å²) in [6, 6.07) is 7.85. The van der Waals surface area contributed by atoms with Crippen LogP contribution in [-0.4, -0.2) is 29.1 Å². The topological polar surface area (TPSA) is 40.5 Å². The molecule has 1 unspecified atom stereocenters. The molecule has 0 fully saturated rings. The molecule has 1 aromatic rings. The Kier molecular flexibility index (Phi) is 4.50. The van der Waals surface area contributed by atoms with Gasteiger partial charge in [-0.25, -0.2) is 0 Å². The molecule has 0 aromatic heterocycles. The molecule has 1 N–H and O–H groups in total. The van der Waals surface area contributed by atoms with E-state index in [1.165, 1.54) is 5.56 Å². The van der Waals surface area contributed by atoms with Crippen LogP contribution in [0.3, 0.4) is 0 Å². The fraction of sp³-hybridized carbons (Fsp3) is 0.462. The second kappa shape index (κ2) is 5.66. The zero-order valence-electron chi connectivity index (χ0n) is 10.1. The first-order chi connectivity index (χ1) is 7.54. The first kappa shape index (κ1) is 12.7. The zero-order chi connectivity index (χ0) is 12.1. The summed E-state index contributed by atoms with van der Waals surface area (Å²) >= 11 is 0. The lowest BCUT2D eigenvalue weighted by molar-refractivity contribution is -0.142. The van der Waals surface area contributed by atoms with Crippen LogP contribution in [0.1, 0.15) is 25.0 Å². The van der Waals surface area contributed by atoms with Crippen molar-refractivity contribution < 1.29 is 9.90 Å². The van der Waals surface area contributed by atoms with Crippen LogP contribution in [0.15, 0.2) is 24.3 Å². The van der Waals surface area contributed by atoms with Crippen molar-refractivity contribution in [3.63, 3.8) is 0 Å². The minimum Gasteiger partial charge on any atom is -0.480 e. The van der Waals surface area contributed by atoms with E-state index in [-0.39, 0.29) is 0 Å². The molecule has 0 aliphatic carbocycles. The minimum absolute atomic E-state index is 0.453. The van der Waals surface area contributed by atoms with E-state index in [0.717, 1.165) is 12.0 Å². The Morgan fingerprint density at radius 2 is 1.81 bits per heavy atom. The smallest absolute Gasteiger partial charge is 0.320 e. The average Bonchev–Trinajstić information content (AvgIpc) is 2.28. The molecule has 3 nitrogen and oxygen atoms in total. The van der Waals surface area contributed by atoms with Gasteiger partial charge in [-0.15, -0.1) is 0 Å². The van der Waals surface area contributed by atoms with Crippen molar-refractivity contribution in [2.75, 3.05) is 7.05 Å². The lowest BCUT2D eigenvalue weighted by atomic mass is 10.1. The molecule has 0 spiro atoms. The van der Waals surface area contributed by atoms with Gasteiger partial charge in [0.1, 0.15) is 6.04 Å². The molecule has 1 atom stereocenters. The largest absolute Gasteiger partial charge is 0.480 e. The number of nitrogens with zero attached hydrogens (tertiary/aromatic N) is 1. The van der Waals surface area contributed by atoms with Crippen molar-refractivity contribution in [2.45, 2.75) is 32.9 Å². The molecular weight excluding hydrogens is 202 g/mol. The Balaban J connectivity index is 2.62. The number of carbonyl (C=O) groups is 1. The van der Waals surface area contributed by atoms with Crippen LogP contribution in [0.2, 0.25) is 0 Å². The lowest BCUT2D eigenvalue weighted by Crippen LogP contribution is -2.35. The van der Waals surface area contributed by atoms with Crippen molar-refractivity contribution in [2.24, 2.45) is 0 Å². The number of aryl methyl sites for hydroxylation is 1. The fourth-order valence-electron chi connectivity index (χ4n) is 1.49. The van der Waals surface area contributed by atoms with Gasteiger partial charge in [-0.2, -0.15) is 0 Å². The number of rotatable bonds is 5. The van der Waals surface area contributed by atoms with Crippen molar-refractivity contribution in [3.05, 3.63) is 35.4 Å². The van der Waals surface area contributed by atoms with E-state index in [0.29, 0.717) is 6.54 Å². The van der Waals surface area contributed by atoms with Crippen molar-refractivity contribution in [1.29, 1.82) is 0 Å². The summed E-state index contributed by atoms with van der Waals surface area (Å²) in [5, 5.41) is 8.87. The van der Waals surface area contributed by atoms with Crippen LogP contribution < -0.4 is 0 Å².